The maximum atomic E-state index is 10.5. The molecule has 0 fully saturated rings. The minimum Gasteiger partial charge on any atom is -0.491 e. The van der Waals surface area contributed by atoms with E-state index in [1.807, 2.05) is 13.8 Å². The van der Waals surface area contributed by atoms with Crippen LogP contribution < -0.4 is 4.74 Å². The lowest BCUT2D eigenvalue weighted by molar-refractivity contribution is 0.0689. The Kier molecular flexibility index (Phi) is 2.84. The van der Waals surface area contributed by atoms with Gasteiger partial charge in [-0.25, -0.2) is 9.78 Å². The summed E-state index contributed by atoms with van der Waals surface area (Å²) in [7, 11) is 0. The summed E-state index contributed by atoms with van der Waals surface area (Å²) in [6.07, 6.45) is 1.45. The first-order valence-corrected chi connectivity index (χ1v) is 3.95. The van der Waals surface area contributed by atoms with Crippen LogP contribution in [0.2, 0.25) is 0 Å². The Morgan fingerprint density at radius 2 is 2.31 bits per heavy atom. The highest BCUT2D eigenvalue weighted by Crippen LogP contribution is 2.12. The van der Waals surface area contributed by atoms with Crippen LogP contribution in [0.15, 0.2) is 18.3 Å². The van der Waals surface area contributed by atoms with Crippen molar-refractivity contribution < 1.29 is 14.6 Å². The van der Waals surface area contributed by atoms with Crippen molar-refractivity contribution in [3.05, 3.63) is 24.0 Å². The van der Waals surface area contributed by atoms with E-state index in [2.05, 4.69) is 4.98 Å². The maximum absolute atomic E-state index is 10.5. The Morgan fingerprint density at radius 1 is 1.62 bits per heavy atom. The highest BCUT2D eigenvalue weighted by molar-refractivity contribution is 5.85. The molecule has 0 saturated carbocycles. The quantitative estimate of drug-likeness (QED) is 0.768. The van der Waals surface area contributed by atoms with Crippen LogP contribution in [0.3, 0.4) is 0 Å². The molecular weight excluding hydrogens is 170 g/mol. The average molecular weight is 181 g/mol. The number of carboxylic acid groups (broad SMARTS) is 1. The number of nitrogens with zero attached hydrogens (tertiary/aromatic N) is 1. The molecule has 0 unspecified atom stereocenters. The SMILES string of the molecule is CC(C)Oc1ccnc(C(=O)O)c1. The normalized spacial score (nSPS) is 10.1. The summed E-state index contributed by atoms with van der Waals surface area (Å²) in [5.74, 6) is -0.517. The van der Waals surface area contributed by atoms with Crippen molar-refractivity contribution in [1.82, 2.24) is 4.98 Å². The molecule has 0 aliphatic carbocycles. The molecule has 13 heavy (non-hydrogen) atoms. The molecule has 0 amide bonds. The molecule has 0 atom stereocenters. The summed E-state index contributed by atoms with van der Waals surface area (Å²) in [6.45, 7) is 3.75. The molecule has 1 N–H and O–H groups in total. The molecule has 4 heteroatoms. The van der Waals surface area contributed by atoms with Gasteiger partial charge in [0.25, 0.3) is 0 Å². The van der Waals surface area contributed by atoms with Gasteiger partial charge in [0, 0.05) is 12.3 Å². The summed E-state index contributed by atoms with van der Waals surface area (Å²) in [5.41, 5.74) is -0.00171. The molecule has 0 spiro atoms. The number of rotatable bonds is 3. The van der Waals surface area contributed by atoms with E-state index in [0.29, 0.717) is 5.75 Å². The van der Waals surface area contributed by atoms with Gasteiger partial charge in [-0.3, -0.25) is 0 Å². The fourth-order valence-electron chi connectivity index (χ4n) is 0.874. The van der Waals surface area contributed by atoms with Gasteiger partial charge in [0.2, 0.25) is 0 Å². The molecule has 4 nitrogen and oxygen atoms in total. The zero-order valence-electron chi connectivity index (χ0n) is 7.52. The molecule has 0 radical (unpaired) electrons. The maximum Gasteiger partial charge on any atom is 0.354 e. The Labute approximate surface area is 76.2 Å². The van der Waals surface area contributed by atoms with Crippen LogP contribution in [0, 0.1) is 0 Å². The zero-order chi connectivity index (χ0) is 9.84. The van der Waals surface area contributed by atoms with Crippen molar-refractivity contribution >= 4 is 5.97 Å². The Bertz CT molecular complexity index is 309. The van der Waals surface area contributed by atoms with E-state index >= 15 is 0 Å². The lowest BCUT2D eigenvalue weighted by Crippen LogP contribution is -2.07. The van der Waals surface area contributed by atoms with Gasteiger partial charge < -0.3 is 9.84 Å². The van der Waals surface area contributed by atoms with Gasteiger partial charge >= 0.3 is 5.97 Å². The third-order valence-electron chi connectivity index (χ3n) is 1.32. The van der Waals surface area contributed by atoms with Gasteiger partial charge in [-0.1, -0.05) is 0 Å². The van der Waals surface area contributed by atoms with Crippen LogP contribution in [0.1, 0.15) is 24.3 Å². The standard InChI is InChI=1S/C9H11NO3/c1-6(2)13-7-3-4-10-8(5-7)9(11)12/h3-6H,1-2H3,(H,11,12). The fourth-order valence-corrected chi connectivity index (χ4v) is 0.874. The molecule has 70 valence electrons. The monoisotopic (exact) mass is 181 g/mol. The number of carboxylic acids is 1. The smallest absolute Gasteiger partial charge is 0.354 e. The Balaban J connectivity index is 2.85. The third-order valence-corrected chi connectivity index (χ3v) is 1.32. The predicted molar refractivity (Wildman–Crippen MR) is 47.0 cm³/mol. The molecule has 0 aliphatic heterocycles. The highest BCUT2D eigenvalue weighted by Gasteiger charge is 2.05. The predicted octanol–water partition coefficient (Wildman–Crippen LogP) is 1.57. The summed E-state index contributed by atoms with van der Waals surface area (Å²) in [4.78, 5) is 14.2. The van der Waals surface area contributed by atoms with Crippen molar-refractivity contribution in [3.63, 3.8) is 0 Å². The minimum absolute atomic E-state index is 0.00171. The van der Waals surface area contributed by atoms with Crippen molar-refractivity contribution in [2.75, 3.05) is 0 Å². The number of pyridine rings is 1. The minimum atomic E-state index is -1.05. The number of aromatic nitrogens is 1. The lowest BCUT2D eigenvalue weighted by Gasteiger charge is -2.08. The van der Waals surface area contributed by atoms with Crippen molar-refractivity contribution in [2.24, 2.45) is 0 Å². The van der Waals surface area contributed by atoms with Gasteiger partial charge in [-0.05, 0) is 19.9 Å². The van der Waals surface area contributed by atoms with E-state index in [0.717, 1.165) is 0 Å². The van der Waals surface area contributed by atoms with E-state index in [9.17, 15) is 4.79 Å². The number of carbonyl (C=O) groups is 1. The van der Waals surface area contributed by atoms with Crippen LogP contribution in [-0.4, -0.2) is 22.2 Å². The van der Waals surface area contributed by atoms with E-state index < -0.39 is 5.97 Å². The second-order valence-electron chi connectivity index (χ2n) is 2.85. The van der Waals surface area contributed by atoms with Crippen LogP contribution in [0.4, 0.5) is 0 Å². The van der Waals surface area contributed by atoms with E-state index in [4.69, 9.17) is 9.84 Å². The van der Waals surface area contributed by atoms with Gasteiger partial charge in [0.05, 0.1) is 6.10 Å². The van der Waals surface area contributed by atoms with Crippen molar-refractivity contribution in [2.45, 2.75) is 20.0 Å². The molecule has 0 bridgehead atoms. The van der Waals surface area contributed by atoms with Gasteiger partial charge in [-0.15, -0.1) is 0 Å². The van der Waals surface area contributed by atoms with Crippen molar-refractivity contribution in [1.29, 1.82) is 0 Å². The number of aromatic carboxylic acids is 1. The topological polar surface area (TPSA) is 59.4 Å². The summed E-state index contributed by atoms with van der Waals surface area (Å²) < 4.78 is 5.30. The van der Waals surface area contributed by atoms with Gasteiger partial charge in [0.1, 0.15) is 5.75 Å². The molecule has 0 saturated heterocycles. The number of hydrogen-bond donors (Lipinski definition) is 1. The van der Waals surface area contributed by atoms with Gasteiger partial charge in [0.15, 0.2) is 5.69 Å². The summed E-state index contributed by atoms with van der Waals surface area (Å²) >= 11 is 0. The first-order chi connectivity index (χ1) is 6.09. The molecule has 0 aromatic carbocycles. The first kappa shape index (κ1) is 9.51. The van der Waals surface area contributed by atoms with Crippen LogP contribution in [0.25, 0.3) is 0 Å². The van der Waals surface area contributed by atoms with Gasteiger partial charge in [-0.2, -0.15) is 0 Å². The molecule has 1 aromatic heterocycles. The Morgan fingerprint density at radius 3 is 2.85 bits per heavy atom. The summed E-state index contributed by atoms with van der Waals surface area (Å²) in [6, 6.07) is 3.04. The zero-order valence-corrected chi connectivity index (χ0v) is 7.52. The number of ether oxygens (including phenoxy) is 1. The molecule has 1 aromatic rings. The third kappa shape index (κ3) is 2.74. The second kappa shape index (κ2) is 3.89. The van der Waals surface area contributed by atoms with E-state index in [1.54, 1.807) is 6.07 Å². The molecule has 1 heterocycles. The fraction of sp³-hybridized carbons (Fsp3) is 0.333. The van der Waals surface area contributed by atoms with Crippen LogP contribution in [0.5, 0.6) is 5.75 Å². The molecular formula is C9H11NO3. The van der Waals surface area contributed by atoms with E-state index in [1.165, 1.54) is 12.3 Å². The number of hydrogen-bond acceptors (Lipinski definition) is 3. The highest BCUT2D eigenvalue weighted by atomic mass is 16.5. The summed E-state index contributed by atoms with van der Waals surface area (Å²) in [5, 5.41) is 8.63. The molecule has 1 rings (SSSR count). The second-order valence-corrected chi connectivity index (χ2v) is 2.85. The first-order valence-electron chi connectivity index (χ1n) is 3.95. The lowest BCUT2D eigenvalue weighted by atomic mass is 10.3. The average Bonchev–Trinajstić information content (AvgIpc) is 2.03. The Hall–Kier alpha value is -1.58. The van der Waals surface area contributed by atoms with Crippen LogP contribution in [-0.2, 0) is 0 Å². The van der Waals surface area contributed by atoms with E-state index in [-0.39, 0.29) is 11.8 Å². The largest absolute Gasteiger partial charge is 0.491 e. The molecule has 0 aliphatic rings. The van der Waals surface area contributed by atoms with Crippen molar-refractivity contribution in [3.8, 4) is 5.75 Å². The van der Waals surface area contributed by atoms with Crippen LogP contribution >= 0.6 is 0 Å².